The molecule has 0 radical (unpaired) electrons. The maximum Gasteiger partial charge on any atom is 0.254 e. The summed E-state index contributed by atoms with van der Waals surface area (Å²) in [5.74, 6) is 0.0625. The number of benzene rings is 1. The van der Waals surface area contributed by atoms with Crippen molar-refractivity contribution in [1.82, 2.24) is 14.8 Å². The molecular formula is C24H28N4O3S2. The lowest BCUT2D eigenvalue weighted by Gasteiger charge is -2.39. The lowest BCUT2D eigenvalue weighted by atomic mass is 10.0. The van der Waals surface area contributed by atoms with E-state index in [2.05, 4.69) is 16.9 Å². The first-order valence-corrected chi connectivity index (χ1v) is 12.7. The average molecular weight is 485 g/mol. The van der Waals surface area contributed by atoms with Gasteiger partial charge >= 0.3 is 0 Å². The van der Waals surface area contributed by atoms with E-state index in [1.54, 1.807) is 22.9 Å². The number of hydrogen-bond acceptors (Lipinski definition) is 6. The smallest absolute Gasteiger partial charge is 0.254 e. The van der Waals surface area contributed by atoms with E-state index in [1.807, 2.05) is 37.8 Å². The predicted molar refractivity (Wildman–Crippen MR) is 131 cm³/mol. The van der Waals surface area contributed by atoms with Crippen molar-refractivity contribution in [3.8, 4) is 0 Å². The molecule has 1 saturated carbocycles. The van der Waals surface area contributed by atoms with Gasteiger partial charge in [-0.3, -0.25) is 14.4 Å². The van der Waals surface area contributed by atoms with E-state index in [-0.39, 0.29) is 29.7 Å². The first kappa shape index (κ1) is 23.5. The zero-order chi connectivity index (χ0) is 23.7. The molecule has 4 rings (SSSR count). The Balaban J connectivity index is 1.47. The van der Waals surface area contributed by atoms with Crippen molar-refractivity contribution in [3.63, 3.8) is 0 Å². The van der Waals surface area contributed by atoms with Gasteiger partial charge in [0, 0.05) is 42.1 Å². The number of hydrogen-bond donors (Lipinski definition) is 1. The van der Waals surface area contributed by atoms with Crippen LogP contribution in [-0.2, 0) is 9.59 Å². The average Bonchev–Trinajstić information content (AvgIpc) is 3.55. The number of anilines is 1. The molecule has 1 N–H and O–H groups in total. The fourth-order valence-electron chi connectivity index (χ4n) is 3.96. The number of thiazole rings is 1. The minimum atomic E-state index is -0.1000. The molecule has 2 aliphatic rings. The minimum absolute atomic E-state index is 0.0198. The first-order valence-electron chi connectivity index (χ1n) is 11.0. The zero-order valence-corrected chi connectivity index (χ0v) is 20.7. The highest BCUT2D eigenvalue weighted by molar-refractivity contribution is 8.01. The fraction of sp³-hybridized carbons (Fsp3) is 0.417. The van der Waals surface area contributed by atoms with E-state index in [1.165, 1.54) is 17.4 Å². The number of aromatic nitrogens is 1. The Hall–Kier alpha value is -2.65. The highest BCUT2D eigenvalue weighted by atomic mass is 32.2. The topological polar surface area (TPSA) is 82.6 Å². The highest BCUT2D eigenvalue weighted by Crippen LogP contribution is 2.38. The number of rotatable bonds is 6. The Labute approximate surface area is 202 Å². The second-order valence-electron chi connectivity index (χ2n) is 8.62. The van der Waals surface area contributed by atoms with Crippen molar-refractivity contribution >= 4 is 46.0 Å². The molecule has 2 fully saturated rings. The van der Waals surface area contributed by atoms with Crippen LogP contribution >= 0.6 is 23.1 Å². The van der Waals surface area contributed by atoms with E-state index in [9.17, 15) is 14.4 Å². The van der Waals surface area contributed by atoms with E-state index >= 15 is 0 Å². The quantitative estimate of drug-likeness (QED) is 0.624. The van der Waals surface area contributed by atoms with Gasteiger partial charge in [-0.05, 0) is 56.9 Å². The fourth-order valence-corrected chi connectivity index (χ4v) is 5.90. The van der Waals surface area contributed by atoms with Gasteiger partial charge in [0.25, 0.3) is 5.91 Å². The van der Waals surface area contributed by atoms with Gasteiger partial charge in [0.1, 0.15) is 0 Å². The molecule has 7 nitrogen and oxygen atoms in total. The van der Waals surface area contributed by atoms with Gasteiger partial charge in [-0.25, -0.2) is 4.98 Å². The number of carbonyl (C=O) groups is 3. The summed E-state index contributed by atoms with van der Waals surface area (Å²) in [6.07, 6.45) is 4.99. The molecule has 1 aromatic carbocycles. The maximum atomic E-state index is 13.4. The normalized spacial score (nSPS) is 18.2. The van der Waals surface area contributed by atoms with Crippen molar-refractivity contribution in [2.24, 2.45) is 5.92 Å². The summed E-state index contributed by atoms with van der Waals surface area (Å²) in [5.41, 5.74) is 2.69. The van der Waals surface area contributed by atoms with Gasteiger partial charge in [-0.15, -0.1) is 0 Å². The van der Waals surface area contributed by atoms with Crippen LogP contribution in [0, 0.1) is 19.8 Å². The minimum Gasteiger partial charge on any atom is -0.335 e. The van der Waals surface area contributed by atoms with Crippen LogP contribution in [0.15, 0.2) is 40.1 Å². The largest absolute Gasteiger partial charge is 0.335 e. The summed E-state index contributed by atoms with van der Waals surface area (Å²) >= 11 is 2.99. The molecule has 33 heavy (non-hydrogen) atoms. The van der Waals surface area contributed by atoms with Gasteiger partial charge in [-0.1, -0.05) is 35.7 Å². The van der Waals surface area contributed by atoms with Gasteiger partial charge in [0.2, 0.25) is 11.8 Å². The Morgan fingerprint density at radius 3 is 2.64 bits per heavy atom. The molecule has 1 unspecified atom stereocenters. The second-order valence-corrected chi connectivity index (χ2v) is 11.0. The van der Waals surface area contributed by atoms with Crippen LogP contribution in [0.2, 0.25) is 0 Å². The van der Waals surface area contributed by atoms with Crippen LogP contribution in [0.4, 0.5) is 5.13 Å². The van der Waals surface area contributed by atoms with E-state index < -0.39 is 0 Å². The number of nitrogens with one attached hydrogen (secondary N) is 1. The van der Waals surface area contributed by atoms with Crippen molar-refractivity contribution in [2.75, 3.05) is 25.0 Å². The van der Waals surface area contributed by atoms with Gasteiger partial charge in [-0.2, -0.15) is 0 Å². The molecule has 2 heterocycles. The van der Waals surface area contributed by atoms with E-state index in [0.717, 1.165) is 33.1 Å². The summed E-state index contributed by atoms with van der Waals surface area (Å²) in [6.45, 7) is 11.0. The number of amides is 3. The summed E-state index contributed by atoms with van der Waals surface area (Å²) in [7, 11) is 0. The molecule has 2 aromatic rings. The van der Waals surface area contributed by atoms with E-state index in [4.69, 9.17) is 0 Å². The van der Waals surface area contributed by atoms with Gasteiger partial charge in [0.05, 0.1) is 10.4 Å². The molecule has 0 bridgehead atoms. The highest BCUT2D eigenvalue weighted by Gasteiger charge is 2.31. The molecule has 174 valence electrons. The first-order chi connectivity index (χ1) is 15.8. The number of carbonyl (C=O) groups excluding carboxylic acids is 3. The van der Waals surface area contributed by atoms with Crippen LogP contribution in [0.5, 0.6) is 0 Å². The molecule has 1 aliphatic carbocycles. The molecule has 0 spiro atoms. The van der Waals surface area contributed by atoms with Crippen molar-refractivity contribution in [3.05, 3.63) is 47.7 Å². The van der Waals surface area contributed by atoms with Gasteiger partial charge < -0.3 is 15.1 Å². The molecule has 1 aliphatic heterocycles. The number of nitrogens with zero attached hydrogens (tertiary/aromatic N) is 3. The van der Waals surface area contributed by atoms with Crippen LogP contribution in [-0.4, -0.2) is 58.2 Å². The standard InChI is InChI=1S/C24H28N4O3S2/c1-5-20(29)28-9-8-27(13-16(28)4)23(31)18-11-19(15(3)10-14(18)2)32-21-12-25-24(33-21)26-22(30)17-6-7-17/h5,10-12,16-17H,1,6-9,13H2,2-4H3,(H,25,26,30). The number of piperazine rings is 1. The van der Waals surface area contributed by atoms with Crippen molar-refractivity contribution in [2.45, 2.75) is 48.8 Å². The van der Waals surface area contributed by atoms with E-state index in [0.29, 0.717) is 30.3 Å². The van der Waals surface area contributed by atoms with Crippen LogP contribution in [0.25, 0.3) is 0 Å². The lowest BCUT2D eigenvalue weighted by molar-refractivity contribution is -0.129. The third-order valence-electron chi connectivity index (χ3n) is 6.00. The van der Waals surface area contributed by atoms with Crippen molar-refractivity contribution < 1.29 is 14.4 Å². The third kappa shape index (κ3) is 5.30. The Morgan fingerprint density at radius 2 is 1.97 bits per heavy atom. The zero-order valence-electron chi connectivity index (χ0n) is 19.1. The Bertz CT molecular complexity index is 1110. The van der Waals surface area contributed by atoms with Gasteiger partial charge in [0.15, 0.2) is 5.13 Å². The summed E-state index contributed by atoms with van der Waals surface area (Å²) in [5, 5.41) is 3.49. The summed E-state index contributed by atoms with van der Waals surface area (Å²) in [4.78, 5) is 46.2. The molecular weight excluding hydrogens is 456 g/mol. The lowest BCUT2D eigenvalue weighted by Crippen LogP contribution is -2.55. The SMILES string of the molecule is C=CC(=O)N1CCN(C(=O)c2cc(Sc3cnc(NC(=O)C4CC4)s3)c(C)cc2C)CC1C. The van der Waals surface area contributed by atoms with Crippen LogP contribution in [0.1, 0.15) is 41.3 Å². The monoisotopic (exact) mass is 484 g/mol. The molecule has 1 aromatic heterocycles. The Morgan fingerprint density at radius 1 is 1.21 bits per heavy atom. The summed E-state index contributed by atoms with van der Waals surface area (Å²) < 4.78 is 0.955. The van der Waals surface area contributed by atoms with Crippen LogP contribution < -0.4 is 5.32 Å². The van der Waals surface area contributed by atoms with Crippen molar-refractivity contribution in [1.29, 1.82) is 0 Å². The molecule has 1 saturated heterocycles. The summed E-state index contributed by atoms with van der Waals surface area (Å²) in [6, 6.07) is 3.92. The molecule has 9 heteroatoms. The number of aryl methyl sites for hydroxylation is 2. The third-order valence-corrected chi connectivity index (χ3v) is 8.17. The molecule has 3 amide bonds. The second kappa shape index (κ2) is 9.69. The maximum absolute atomic E-state index is 13.4. The van der Waals surface area contributed by atoms with Crippen LogP contribution in [0.3, 0.4) is 0 Å². The Kier molecular flexibility index (Phi) is 6.90. The molecule has 1 atom stereocenters. The predicted octanol–water partition coefficient (Wildman–Crippen LogP) is 4.12.